The van der Waals surface area contributed by atoms with E-state index in [0.717, 1.165) is 22.4 Å². The second-order valence-corrected chi connectivity index (χ2v) is 5.69. The first-order chi connectivity index (χ1) is 12.1. The minimum absolute atomic E-state index is 0.141. The Kier molecular flexibility index (Phi) is 4.36. The number of aromatic carboxylic acids is 1. The Bertz CT molecular complexity index is 965. The average Bonchev–Trinajstić information content (AvgIpc) is 2.94. The van der Waals surface area contributed by atoms with Crippen LogP contribution in [0.25, 0.3) is 22.3 Å². The molecule has 0 unspecified atom stereocenters. The van der Waals surface area contributed by atoms with E-state index in [-0.39, 0.29) is 5.69 Å². The van der Waals surface area contributed by atoms with Crippen LogP contribution in [0.15, 0.2) is 48.8 Å². The van der Waals surface area contributed by atoms with E-state index in [2.05, 4.69) is 11.1 Å². The van der Waals surface area contributed by atoms with Gasteiger partial charge in [0.15, 0.2) is 0 Å². The molecular weight excluding hydrogens is 314 g/mol. The van der Waals surface area contributed by atoms with Crippen molar-refractivity contribution in [2.75, 3.05) is 0 Å². The third-order valence-electron chi connectivity index (χ3n) is 4.33. The lowest BCUT2D eigenvalue weighted by molar-refractivity contribution is 0.0687. The maximum absolute atomic E-state index is 11.8. The molecule has 124 valence electrons. The highest BCUT2D eigenvalue weighted by Gasteiger charge is 2.25. The van der Waals surface area contributed by atoms with Crippen molar-refractivity contribution in [2.24, 2.45) is 7.05 Å². The summed E-state index contributed by atoms with van der Waals surface area (Å²) in [7, 11) is 1.69. The maximum Gasteiger partial charge on any atom is 0.353 e. The van der Waals surface area contributed by atoms with Gasteiger partial charge in [-0.1, -0.05) is 37.3 Å². The zero-order valence-electron chi connectivity index (χ0n) is 14.0. The van der Waals surface area contributed by atoms with Gasteiger partial charge < -0.3 is 9.67 Å². The first-order valence-corrected chi connectivity index (χ1v) is 7.94. The van der Waals surface area contributed by atoms with Crippen LogP contribution in [0.1, 0.15) is 28.7 Å². The van der Waals surface area contributed by atoms with Crippen LogP contribution in [-0.4, -0.2) is 20.6 Å². The van der Waals surface area contributed by atoms with Gasteiger partial charge in [0.05, 0.1) is 5.56 Å². The van der Waals surface area contributed by atoms with Gasteiger partial charge in [-0.2, -0.15) is 5.26 Å². The second kappa shape index (κ2) is 6.62. The van der Waals surface area contributed by atoms with Crippen LogP contribution >= 0.6 is 0 Å². The predicted molar refractivity (Wildman–Crippen MR) is 95.1 cm³/mol. The standard InChI is InChI=1S/C20H17N3O2/c1-3-17-16(11-21)18(19(20(24)25)23(17)2)14-8-6-13(7-9-14)15-5-4-10-22-12-15/h4-10,12H,3H2,1-2H3,(H,24,25). The summed E-state index contributed by atoms with van der Waals surface area (Å²) < 4.78 is 1.60. The zero-order chi connectivity index (χ0) is 18.0. The average molecular weight is 331 g/mol. The van der Waals surface area contributed by atoms with Crippen LogP contribution < -0.4 is 0 Å². The molecule has 0 amide bonds. The van der Waals surface area contributed by atoms with Crippen molar-refractivity contribution in [3.63, 3.8) is 0 Å². The Morgan fingerprint density at radius 1 is 1.20 bits per heavy atom. The number of carbonyl (C=O) groups is 1. The van der Waals surface area contributed by atoms with Gasteiger partial charge >= 0.3 is 5.97 Å². The third-order valence-corrected chi connectivity index (χ3v) is 4.33. The van der Waals surface area contributed by atoms with Crippen molar-refractivity contribution in [2.45, 2.75) is 13.3 Å². The molecule has 5 nitrogen and oxygen atoms in total. The summed E-state index contributed by atoms with van der Waals surface area (Å²) in [5.41, 5.74) is 4.46. The molecule has 25 heavy (non-hydrogen) atoms. The molecule has 0 spiro atoms. The lowest BCUT2D eigenvalue weighted by Crippen LogP contribution is -2.07. The number of aromatic nitrogens is 2. The van der Waals surface area contributed by atoms with Crippen molar-refractivity contribution >= 4 is 5.97 Å². The van der Waals surface area contributed by atoms with E-state index in [4.69, 9.17) is 0 Å². The van der Waals surface area contributed by atoms with Gasteiger partial charge in [0.25, 0.3) is 0 Å². The number of nitriles is 1. The highest BCUT2D eigenvalue weighted by molar-refractivity contribution is 5.97. The molecule has 0 radical (unpaired) electrons. The van der Waals surface area contributed by atoms with Gasteiger partial charge in [0.2, 0.25) is 0 Å². The highest BCUT2D eigenvalue weighted by Crippen LogP contribution is 2.33. The quantitative estimate of drug-likeness (QED) is 0.786. The van der Waals surface area contributed by atoms with Gasteiger partial charge in [0, 0.05) is 30.7 Å². The van der Waals surface area contributed by atoms with Crippen molar-refractivity contribution in [1.82, 2.24) is 9.55 Å². The first-order valence-electron chi connectivity index (χ1n) is 7.94. The minimum Gasteiger partial charge on any atom is -0.477 e. The summed E-state index contributed by atoms with van der Waals surface area (Å²) in [5, 5.41) is 19.2. The summed E-state index contributed by atoms with van der Waals surface area (Å²) in [4.78, 5) is 15.9. The molecule has 5 heteroatoms. The van der Waals surface area contributed by atoms with Gasteiger partial charge in [-0.3, -0.25) is 4.98 Å². The number of rotatable bonds is 4. The van der Waals surface area contributed by atoms with Crippen LogP contribution in [0, 0.1) is 11.3 Å². The van der Waals surface area contributed by atoms with E-state index in [9.17, 15) is 15.2 Å². The normalized spacial score (nSPS) is 10.4. The van der Waals surface area contributed by atoms with Crippen LogP contribution in [0.3, 0.4) is 0 Å². The summed E-state index contributed by atoms with van der Waals surface area (Å²) in [6.07, 6.45) is 4.08. The van der Waals surface area contributed by atoms with Crippen LogP contribution in [0.2, 0.25) is 0 Å². The Hall–Kier alpha value is -3.39. The van der Waals surface area contributed by atoms with Crippen LogP contribution in [-0.2, 0) is 13.5 Å². The topological polar surface area (TPSA) is 78.9 Å². The fourth-order valence-electron chi connectivity index (χ4n) is 3.16. The molecule has 0 saturated heterocycles. The van der Waals surface area contributed by atoms with Crippen LogP contribution in [0.5, 0.6) is 0 Å². The molecule has 0 bridgehead atoms. The van der Waals surface area contributed by atoms with E-state index in [1.165, 1.54) is 0 Å². The summed E-state index contributed by atoms with van der Waals surface area (Å²) in [5.74, 6) is -1.04. The highest BCUT2D eigenvalue weighted by atomic mass is 16.4. The summed E-state index contributed by atoms with van der Waals surface area (Å²) in [6, 6.07) is 13.5. The first kappa shape index (κ1) is 16.5. The molecule has 1 N–H and O–H groups in total. The third kappa shape index (κ3) is 2.79. The number of benzene rings is 1. The Balaban J connectivity index is 2.17. The smallest absolute Gasteiger partial charge is 0.353 e. The summed E-state index contributed by atoms with van der Waals surface area (Å²) in [6.45, 7) is 1.91. The van der Waals surface area contributed by atoms with E-state index in [0.29, 0.717) is 17.5 Å². The molecule has 0 aliphatic carbocycles. The number of carboxylic acids is 1. The Labute approximate surface area is 145 Å². The van der Waals surface area contributed by atoms with Gasteiger partial charge in [-0.15, -0.1) is 0 Å². The molecule has 3 aromatic rings. The van der Waals surface area contributed by atoms with Crippen molar-refractivity contribution < 1.29 is 9.90 Å². The molecule has 2 aromatic heterocycles. The molecular formula is C20H17N3O2. The lowest BCUT2D eigenvalue weighted by atomic mass is 9.97. The van der Waals surface area contributed by atoms with Gasteiger partial charge in [-0.05, 0) is 29.2 Å². The second-order valence-electron chi connectivity index (χ2n) is 5.69. The molecule has 3 rings (SSSR count). The zero-order valence-corrected chi connectivity index (χ0v) is 14.0. The van der Waals surface area contributed by atoms with Crippen molar-refractivity contribution in [3.05, 3.63) is 65.7 Å². The number of carboxylic acid groups (broad SMARTS) is 1. The fourth-order valence-corrected chi connectivity index (χ4v) is 3.16. The Morgan fingerprint density at radius 2 is 1.88 bits per heavy atom. The number of nitrogens with zero attached hydrogens (tertiary/aromatic N) is 3. The lowest BCUT2D eigenvalue weighted by Gasteiger charge is -2.06. The minimum atomic E-state index is -1.04. The molecule has 1 aromatic carbocycles. The fraction of sp³-hybridized carbons (Fsp3) is 0.150. The molecule has 0 aliphatic heterocycles. The molecule has 0 aliphatic rings. The molecule has 0 fully saturated rings. The number of hydrogen-bond donors (Lipinski definition) is 1. The van der Waals surface area contributed by atoms with Crippen molar-refractivity contribution in [3.8, 4) is 28.3 Å². The van der Waals surface area contributed by atoms with E-state index in [1.54, 1.807) is 24.0 Å². The number of hydrogen-bond acceptors (Lipinski definition) is 3. The predicted octanol–water partition coefficient (Wildman–Crippen LogP) is 3.89. The van der Waals surface area contributed by atoms with Crippen LogP contribution in [0.4, 0.5) is 0 Å². The van der Waals surface area contributed by atoms with E-state index in [1.807, 2.05) is 43.3 Å². The molecule has 0 saturated carbocycles. The number of pyridine rings is 1. The largest absolute Gasteiger partial charge is 0.477 e. The Morgan fingerprint density at radius 3 is 2.40 bits per heavy atom. The summed E-state index contributed by atoms with van der Waals surface area (Å²) >= 11 is 0. The maximum atomic E-state index is 11.8. The van der Waals surface area contributed by atoms with Gasteiger partial charge in [-0.25, -0.2) is 4.79 Å². The van der Waals surface area contributed by atoms with Gasteiger partial charge in [0.1, 0.15) is 11.8 Å². The molecule has 0 atom stereocenters. The van der Waals surface area contributed by atoms with E-state index < -0.39 is 5.97 Å². The van der Waals surface area contributed by atoms with Crippen molar-refractivity contribution in [1.29, 1.82) is 5.26 Å². The monoisotopic (exact) mass is 331 g/mol. The van der Waals surface area contributed by atoms with E-state index >= 15 is 0 Å². The SMILES string of the molecule is CCc1c(C#N)c(-c2ccc(-c3cccnc3)cc2)c(C(=O)O)n1C. The molecule has 2 heterocycles.